The third-order valence-corrected chi connectivity index (χ3v) is 5.13. The lowest BCUT2D eigenvalue weighted by atomic mass is 9.86. The van der Waals surface area contributed by atoms with Crippen LogP contribution in [-0.2, 0) is 0 Å². The first-order valence-electron chi connectivity index (χ1n) is 7.79. The molecule has 1 atom stereocenters. The van der Waals surface area contributed by atoms with Crippen LogP contribution in [0.1, 0.15) is 39.0 Å². The van der Waals surface area contributed by atoms with Crippen LogP contribution in [0.2, 0.25) is 0 Å². The van der Waals surface area contributed by atoms with E-state index >= 15 is 0 Å². The van der Waals surface area contributed by atoms with Gasteiger partial charge < -0.3 is 0 Å². The van der Waals surface area contributed by atoms with E-state index in [9.17, 15) is 57.1 Å². The van der Waals surface area contributed by atoms with Gasteiger partial charge in [0.25, 0.3) is 0 Å². The monoisotopic (exact) mass is 558 g/mol. The standard InChI is InChI=1S/C14H16F13I/c1-2-3-4-5-6-8(7-28)9(15,16)10(17,18)11(19,20)12(21,22)13(23,24)14(25,26)27/h8H,2-7H2,1H3. The lowest BCUT2D eigenvalue weighted by Crippen LogP contribution is -2.71. The van der Waals surface area contributed by atoms with E-state index in [4.69, 9.17) is 0 Å². The van der Waals surface area contributed by atoms with Gasteiger partial charge in [-0.3, -0.25) is 0 Å². The summed E-state index contributed by atoms with van der Waals surface area (Å²) in [5, 5.41) is 0. The molecule has 0 aliphatic heterocycles. The molecule has 0 spiro atoms. The zero-order chi connectivity index (χ0) is 22.8. The summed E-state index contributed by atoms with van der Waals surface area (Å²) in [6.07, 6.45) is -7.16. The minimum absolute atomic E-state index is 0.187. The predicted octanol–water partition coefficient (Wildman–Crippen LogP) is 7.75. The van der Waals surface area contributed by atoms with Crippen molar-refractivity contribution in [3.8, 4) is 0 Å². The Bertz CT molecular complexity index is 498. The molecule has 0 aromatic rings. The molecule has 0 aromatic heterocycles. The molecule has 170 valence electrons. The van der Waals surface area contributed by atoms with Gasteiger partial charge in [0.15, 0.2) is 0 Å². The highest BCUT2D eigenvalue weighted by atomic mass is 127. The third kappa shape index (κ3) is 4.60. The second-order valence-electron chi connectivity index (χ2n) is 6.12. The molecular formula is C14H16F13I. The predicted molar refractivity (Wildman–Crippen MR) is 81.9 cm³/mol. The van der Waals surface area contributed by atoms with Gasteiger partial charge in [0.1, 0.15) is 0 Å². The molecule has 0 fully saturated rings. The molecule has 0 bridgehead atoms. The normalized spacial score (nSPS) is 16.4. The van der Waals surface area contributed by atoms with Crippen molar-refractivity contribution < 1.29 is 57.1 Å². The Hall–Kier alpha value is -0.180. The Morgan fingerprint density at radius 2 is 1.04 bits per heavy atom. The van der Waals surface area contributed by atoms with E-state index in [1.807, 2.05) is 0 Å². The number of rotatable bonds is 11. The second kappa shape index (κ2) is 8.90. The summed E-state index contributed by atoms with van der Waals surface area (Å²) in [6, 6.07) is 0. The summed E-state index contributed by atoms with van der Waals surface area (Å²) in [5.41, 5.74) is 0. The molecule has 0 saturated heterocycles. The second-order valence-corrected chi connectivity index (χ2v) is 7.00. The Labute approximate surface area is 165 Å². The minimum atomic E-state index is -7.83. The third-order valence-electron chi connectivity index (χ3n) is 4.06. The highest BCUT2D eigenvalue weighted by Crippen LogP contribution is 2.61. The van der Waals surface area contributed by atoms with Crippen molar-refractivity contribution >= 4 is 22.6 Å². The number of halogens is 14. The molecule has 0 rings (SSSR count). The average Bonchev–Trinajstić information content (AvgIpc) is 2.52. The number of unbranched alkanes of at least 4 members (excludes halogenated alkanes) is 3. The molecule has 0 N–H and O–H groups in total. The van der Waals surface area contributed by atoms with E-state index in [1.54, 1.807) is 6.92 Å². The molecule has 0 amide bonds. The topological polar surface area (TPSA) is 0 Å². The van der Waals surface area contributed by atoms with Crippen molar-refractivity contribution in [2.45, 2.75) is 74.8 Å². The molecule has 0 saturated carbocycles. The summed E-state index contributed by atoms with van der Waals surface area (Å²) in [6.45, 7) is 1.70. The van der Waals surface area contributed by atoms with Crippen LogP contribution in [-0.4, -0.2) is 40.2 Å². The molecule has 0 nitrogen and oxygen atoms in total. The van der Waals surface area contributed by atoms with Crippen molar-refractivity contribution in [2.75, 3.05) is 4.43 Å². The van der Waals surface area contributed by atoms with Crippen LogP contribution in [0.4, 0.5) is 57.1 Å². The van der Waals surface area contributed by atoms with E-state index in [0.29, 0.717) is 12.8 Å². The fourth-order valence-electron chi connectivity index (χ4n) is 2.21. The molecule has 0 heterocycles. The molecule has 1 unspecified atom stereocenters. The van der Waals surface area contributed by atoms with Gasteiger partial charge >= 0.3 is 35.8 Å². The van der Waals surface area contributed by atoms with Crippen LogP contribution >= 0.6 is 22.6 Å². The molecule has 0 radical (unpaired) electrons. The summed E-state index contributed by atoms with van der Waals surface area (Å²) < 4.78 is 169. The first kappa shape index (κ1) is 27.8. The van der Waals surface area contributed by atoms with Crippen molar-refractivity contribution in [2.24, 2.45) is 5.92 Å². The average molecular weight is 558 g/mol. The maximum absolute atomic E-state index is 14.0. The number of hydrogen-bond donors (Lipinski definition) is 0. The van der Waals surface area contributed by atoms with E-state index < -0.39 is 52.6 Å². The lowest BCUT2D eigenvalue weighted by Gasteiger charge is -2.41. The van der Waals surface area contributed by atoms with E-state index in [1.165, 1.54) is 0 Å². The zero-order valence-electron chi connectivity index (χ0n) is 14.1. The van der Waals surface area contributed by atoms with Crippen molar-refractivity contribution in [1.82, 2.24) is 0 Å². The largest absolute Gasteiger partial charge is 0.460 e. The van der Waals surface area contributed by atoms with Crippen LogP contribution in [0.3, 0.4) is 0 Å². The Kier molecular flexibility index (Phi) is 8.84. The summed E-state index contributed by atoms with van der Waals surface area (Å²) in [4.78, 5) is 0. The fraction of sp³-hybridized carbons (Fsp3) is 1.00. The van der Waals surface area contributed by atoms with Gasteiger partial charge in [0.05, 0.1) is 0 Å². The maximum atomic E-state index is 14.0. The van der Waals surface area contributed by atoms with Crippen LogP contribution in [0.15, 0.2) is 0 Å². The molecule has 0 aliphatic carbocycles. The maximum Gasteiger partial charge on any atom is 0.460 e. The first-order chi connectivity index (χ1) is 12.3. The SMILES string of the molecule is CCCCCCC(CI)C(F)(F)C(F)(F)C(F)(F)C(F)(F)C(F)(F)C(F)(F)F. The lowest BCUT2D eigenvalue weighted by molar-refractivity contribution is -0.442. The van der Waals surface area contributed by atoms with Crippen LogP contribution in [0.5, 0.6) is 0 Å². The molecule has 0 aromatic carbocycles. The zero-order valence-corrected chi connectivity index (χ0v) is 16.3. The smallest absolute Gasteiger partial charge is 0.199 e. The summed E-state index contributed by atoms with van der Waals surface area (Å²) in [5.74, 6) is -39.0. The van der Waals surface area contributed by atoms with E-state index in [-0.39, 0.29) is 12.8 Å². The van der Waals surface area contributed by atoms with Gasteiger partial charge in [-0.1, -0.05) is 55.2 Å². The van der Waals surface area contributed by atoms with Crippen LogP contribution in [0, 0.1) is 5.92 Å². The van der Waals surface area contributed by atoms with Gasteiger partial charge in [0.2, 0.25) is 0 Å². The Balaban J connectivity index is 6.01. The van der Waals surface area contributed by atoms with Crippen molar-refractivity contribution in [3.05, 3.63) is 0 Å². The van der Waals surface area contributed by atoms with Crippen LogP contribution < -0.4 is 0 Å². The van der Waals surface area contributed by atoms with Gasteiger partial charge in [-0.25, -0.2) is 0 Å². The Morgan fingerprint density at radius 1 is 0.607 bits per heavy atom. The summed E-state index contributed by atoms with van der Waals surface area (Å²) in [7, 11) is 0. The fourth-order valence-corrected chi connectivity index (χ4v) is 3.20. The number of alkyl halides is 14. The van der Waals surface area contributed by atoms with Gasteiger partial charge in [0, 0.05) is 10.3 Å². The van der Waals surface area contributed by atoms with Gasteiger partial charge in [-0.15, -0.1) is 0 Å². The highest BCUT2D eigenvalue weighted by molar-refractivity contribution is 14.1. The highest BCUT2D eigenvalue weighted by Gasteiger charge is 2.91. The van der Waals surface area contributed by atoms with Gasteiger partial charge in [-0.05, 0) is 6.42 Å². The Morgan fingerprint density at radius 3 is 1.39 bits per heavy atom. The van der Waals surface area contributed by atoms with Crippen molar-refractivity contribution in [3.63, 3.8) is 0 Å². The van der Waals surface area contributed by atoms with Crippen molar-refractivity contribution in [1.29, 1.82) is 0 Å². The molecule has 0 aliphatic rings. The minimum Gasteiger partial charge on any atom is -0.199 e. The molecular weight excluding hydrogens is 542 g/mol. The quantitative estimate of drug-likeness (QED) is 0.105. The molecule has 28 heavy (non-hydrogen) atoms. The van der Waals surface area contributed by atoms with E-state index in [2.05, 4.69) is 0 Å². The van der Waals surface area contributed by atoms with Gasteiger partial charge in [-0.2, -0.15) is 57.1 Å². The van der Waals surface area contributed by atoms with Crippen LogP contribution in [0.25, 0.3) is 0 Å². The number of hydrogen-bond acceptors (Lipinski definition) is 0. The van der Waals surface area contributed by atoms with E-state index in [0.717, 1.165) is 22.6 Å². The first-order valence-corrected chi connectivity index (χ1v) is 9.31. The molecule has 14 heteroatoms. The summed E-state index contributed by atoms with van der Waals surface area (Å²) >= 11 is 1.08.